The lowest BCUT2D eigenvalue weighted by Crippen LogP contribution is -1.70. The molecule has 100 valence electrons. The number of hydrogen-bond acceptors (Lipinski definition) is 2. The van der Waals surface area contributed by atoms with Crippen LogP contribution in [-0.4, -0.2) is 0 Å². The van der Waals surface area contributed by atoms with E-state index in [-0.39, 0.29) is 0 Å². The van der Waals surface area contributed by atoms with Crippen LogP contribution in [0.1, 0.15) is 0 Å². The van der Waals surface area contributed by atoms with Crippen molar-refractivity contribution in [3.63, 3.8) is 0 Å². The van der Waals surface area contributed by atoms with Gasteiger partial charge in [0.05, 0.1) is 5.02 Å². The van der Waals surface area contributed by atoms with Gasteiger partial charge < -0.3 is 8.83 Å². The lowest BCUT2D eigenvalue weighted by atomic mass is 10.1. The Labute approximate surface area is 124 Å². The SMILES string of the molecule is Clc1cccc2c1oc1ccc3oc4ccccc4c3c12. The van der Waals surface area contributed by atoms with E-state index in [4.69, 9.17) is 20.4 Å². The molecule has 0 aliphatic heterocycles. The fourth-order valence-corrected chi connectivity index (χ4v) is 3.28. The minimum absolute atomic E-state index is 0.629. The summed E-state index contributed by atoms with van der Waals surface area (Å²) in [5.74, 6) is 0. The first-order chi connectivity index (χ1) is 10.3. The summed E-state index contributed by atoms with van der Waals surface area (Å²) in [6, 6.07) is 17.8. The van der Waals surface area contributed by atoms with E-state index in [0.29, 0.717) is 5.02 Å². The molecule has 0 fully saturated rings. The molecule has 0 radical (unpaired) electrons. The number of halogens is 1. The van der Waals surface area contributed by atoms with E-state index in [0.717, 1.165) is 43.9 Å². The Morgan fingerprint density at radius 2 is 1.33 bits per heavy atom. The zero-order chi connectivity index (χ0) is 14.0. The molecule has 3 heteroatoms. The number of benzene rings is 3. The van der Waals surface area contributed by atoms with Gasteiger partial charge >= 0.3 is 0 Å². The van der Waals surface area contributed by atoms with E-state index in [2.05, 4.69) is 6.07 Å². The molecule has 0 N–H and O–H groups in total. The van der Waals surface area contributed by atoms with Gasteiger partial charge in [0.2, 0.25) is 0 Å². The van der Waals surface area contributed by atoms with Gasteiger partial charge in [-0.1, -0.05) is 41.9 Å². The number of furan rings is 2. The van der Waals surface area contributed by atoms with Gasteiger partial charge in [0, 0.05) is 21.5 Å². The molecule has 5 rings (SSSR count). The molecule has 0 aliphatic rings. The van der Waals surface area contributed by atoms with Gasteiger partial charge in [-0.05, 0) is 24.3 Å². The predicted octanol–water partition coefficient (Wildman–Crippen LogP) is 6.14. The summed E-state index contributed by atoms with van der Waals surface area (Å²) in [6.45, 7) is 0. The average molecular weight is 293 g/mol. The zero-order valence-electron chi connectivity index (χ0n) is 10.9. The summed E-state index contributed by atoms with van der Waals surface area (Å²) in [5.41, 5.74) is 3.31. The number of hydrogen-bond donors (Lipinski definition) is 0. The first-order valence-electron chi connectivity index (χ1n) is 6.74. The van der Waals surface area contributed by atoms with E-state index in [9.17, 15) is 0 Å². The van der Waals surface area contributed by atoms with Gasteiger partial charge in [-0.2, -0.15) is 0 Å². The first kappa shape index (κ1) is 11.2. The molecule has 0 aliphatic carbocycles. The summed E-state index contributed by atoms with van der Waals surface area (Å²) in [5, 5.41) is 4.90. The molecule has 21 heavy (non-hydrogen) atoms. The zero-order valence-corrected chi connectivity index (χ0v) is 11.6. The van der Waals surface area contributed by atoms with Crippen LogP contribution in [0, 0.1) is 0 Å². The second-order valence-corrected chi connectivity index (χ2v) is 5.54. The summed E-state index contributed by atoms with van der Waals surface area (Å²) in [4.78, 5) is 0. The van der Waals surface area contributed by atoms with E-state index in [1.165, 1.54) is 0 Å². The number of rotatable bonds is 0. The molecular formula is C18H9ClO2. The van der Waals surface area contributed by atoms with Gasteiger partial charge in [0.1, 0.15) is 16.7 Å². The van der Waals surface area contributed by atoms with Crippen LogP contribution in [-0.2, 0) is 0 Å². The van der Waals surface area contributed by atoms with Crippen LogP contribution in [0.15, 0.2) is 63.4 Å². The molecule has 3 aromatic carbocycles. The topological polar surface area (TPSA) is 26.3 Å². The number of fused-ring (bicyclic) bond motifs is 7. The molecule has 2 heterocycles. The van der Waals surface area contributed by atoms with Gasteiger partial charge in [-0.25, -0.2) is 0 Å². The van der Waals surface area contributed by atoms with Crippen molar-refractivity contribution in [2.24, 2.45) is 0 Å². The normalized spacial score (nSPS) is 12.0. The van der Waals surface area contributed by atoms with E-state index >= 15 is 0 Å². The highest BCUT2D eigenvalue weighted by molar-refractivity contribution is 6.37. The molecular weight excluding hydrogens is 284 g/mol. The summed E-state index contributed by atoms with van der Waals surface area (Å²) < 4.78 is 11.9. The standard InChI is InChI=1S/C18H9ClO2/c19-12-6-3-5-11-17-15(21-18(11)12)9-8-14-16(17)10-4-1-2-7-13(10)20-14/h1-9H. The van der Waals surface area contributed by atoms with Crippen LogP contribution < -0.4 is 0 Å². The maximum Gasteiger partial charge on any atom is 0.154 e. The maximum absolute atomic E-state index is 6.25. The third-order valence-electron chi connectivity index (χ3n) is 3.95. The molecule has 0 amide bonds. The Balaban J connectivity index is 2.17. The fraction of sp³-hybridized carbons (Fsp3) is 0. The van der Waals surface area contributed by atoms with Crippen molar-refractivity contribution in [3.05, 3.63) is 59.6 Å². The molecule has 0 spiro atoms. The molecule has 0 saturated heterocycles. The van der Waals surface area contributed by atoms with Crippen LogP contribution in [0.25, 0.3) is 43.9 Å². The van der Waals surface area contributed by atoms with Crippen LogP contribution in [0.5, 0.6) is 0 Å². The van der Waals surface area contributed by atoms with Crippen molar-refractivity contribution in [1.82, 2.24) is 0 Å². The lowest BCUT2D eigenvalue weighted by Gasteiger charge is -1.93. The molecule has 0 saturated carbocycles. The fourth-order valence-electron chi connectivity index (χ4n) is 3.07. The van der Waals surface area contributed by atoms with Crippen molar-refractivity contribution >= 4 is 55.5 Å². The predicted molar refractivity (Wildman–Crippen MR) is 86.0 cm³/mol. The van der Waals surface area contributed by atoms with Crippen LogP contribution in [0.2, 0.25) is 5.02 Å². The minimum Gasteiger partial charge on any atom is -0.456 e. The van der Waals surface area contributed by atoms with Crippen LogP contribution in [0.4, 0.5) is 0 Å². The molecule has 2 nitrogen and oxygen atoms in total. The highest BCUT2D eigenvalue weighted by Crippen LogP contribution is 2.41. The second kappa shape index (κ2) is 3.80. The first-order valence-corrected chi connectivity index (χ1v) is 7.12. The van der Waals surface area contributed by atoms with E-state index in [1.54, 1.807) is 0 Å². The second-order valence-electron chi connectivity index (χ2n) is 5.13. The highest BCUT2D eigenvalue weighted by atomic mass is 35.5. The monoisotopic (exact) mass is 292 g/mol. The Kier molecular flexibility index (Phi) is 2.04. The largest absolute Gasteiger partial charge is 0.456 e. The molecule has 0 bridgehead atoms. The summed E-state index contributed by atoms with van der Waals surface area (Å²) in [6.07, 6.45) is 0. The smallest absolute Gasteiger partial charge is 0.154 e. The van der Waals surface area contributed by atoms with Crippen LogP contribution >= 0.6 is 11.6 Å². The lowest BCUT2D eigenvalue weighted by molar-refractivity contribution is 0.663. The summed E-state index contributed by atoms with van der Waals surface area (Å²) >= 11 is 6.25. The third-order valence-corrected chi connectivity index (χ3v) is 4.25. The Bertz CT molecular complexity index is 1150. The Morgan fingerprint density at radius 1 is 0.619 bits per heavy atom. The highest BCUT2D eigenvalue weighted by Gasteiger charge is 2.16. The molecule has 5 aromatic rings. The quantitative estimate of drug-likeness (QED) is 0.343. The Morgan fingerprint density at radius 3 is 2.24 bits per heavy atom. The van der Waals surface area contributed by atoms with Crippen molar-refractivity contribution in [2.75, 3.05) is 0 Å². The van der Waals surface area contributed by atoms with E-state index < -0.39 is 0 Å². The molecule has 2 aromatic heterocycles. The minimum atomic E-state index is 0.629. The van der Waals surface area contributed by atoms with Gasteiger partial charge in [0.25, 0.3) is 0 Å². The van der Waals surface area contributed by atoms with Crippen molar-refractivity contribution in [3.8, 4) is 0 Å². The van der Waals surface area contributed by atoms with Gasteiger partial charge in [-0.15, -0.1) is 0 Å². The van der Waals surface area contributed by atoms with Crippen molar-refractivity contribution in [2.45, 2.75) is 0 Å². The molecule has 0 unspecified atom stereocenters. The van der Waals surface area contributed by atoms with Crippen molar-refractivity contribution in [1.29, 1.82) is 0 Å². The van der Waals surface area contributed by atoms with Gasteiger partial charge in [-0.3, -0.25) is 0 Å². The van der Waals surface area contributed by atoms with Crippen LogP contribution in [0.3, 0.4) is 0 Å². The molecule has 0 atom stereocenters. The van der Waals surface area contributed by atoms with E-state index in [1.807, 2.05) is 48.5 Å². The Hall–Kier alpha value is -2.45. The van der Waals surface area contributed by atoms with Crippen molar-refractivity contribution < 1.29 is 8.83 Å². The van der Waals surface area contributed by atoms with Gasteiger partial charge in [0.15, 0.2) is 5.58 Å². The average Bonchev–Trinajstić information content (AvgIpc) is 3.05. The summed E-state index contributed by atoms with van der Waals surface area (Å²) in [7, 11) is 0. The number of para-hydroxylation sites is 2. The maximum atomic E-state index is 6.25. The third kappa shape index (κ3) is 1.38.